The first-order valence-electron chi connectivity index (χ1n) is 6.30. The first-order valence-corrected chi connectivity index (χ1v) is 6.30. The predicted molar refractivity (Wildman–Crippen MR) is 70.2 cm³/mol. The number of phenols is 1. The summed E-state index contributed by atoms with van der Waals surface area (Å²) >= 11 is 0. The fourth-order valence-corrected chi connectivity index (χ4v) is 2.47. The number of aromatic hydroxyl groups is 1. The van der Waals surface area contributed by atoms with Crippen LogP contribution in [0.4, 0.5) is 0 Å². The van der Waals surface area contributed by atoms with E-state index in [1.165, 1.54) is 0 Å². The first kappa shape index (κ1) is 12.9. The first-order chi connectivity index (χ1) is 8.53. The van der Waals surface area contributed by atoms with Crippen LogP contribution in [0.5, 0.6) is 5.75 Å². The molecule has 1 amide bonds. The standard InChI is InChI=1S/C14H20N2O2/c1-14(8-5-9-15-14)13(18)16(2)10-11-6-3-4-7-12(11)17/h3-4,6-7,15,17H,5,8-10H2,1-2H3. The summed E-state index contributed by atoms with van der Waals surface area (Å²) in [6.45, 7) is 3.28. The van der Waals surface area contributed by atoms with Crippen molar-refractivity contribution in [2.75, 3.05) is 13.6 Å². The number of nitrogens with one attached hydrogen (secondary N) is 1. The number of phenolic OH excluding ortho intramolecular Hbond substituents is 1. The number of hydrogen-bond donors (Lipinski definition) is 2. The molecule has 0 aromatic heterocycles. The van der Waals surface area contributed by atoms with Gasteiger partial charge in [-0.1, -0.05) is 18.2 Å². The van der Waals surface area contributed by atoms with Gasteiger partial charge in [0.25, 0.3) is 0 Å². The molecule has 2 rings (SSSR count). The third-order valence-electron chi connectivity index (χ3n) is 3.59. The lowest BCUT2D eigenvalue weighted by atomic mass is 9.98. The van der Waals surface area contributed by atoms with E-state index < -0.39 is 5.54 Å². The summed E-state index contributed by atoms with van der Waals surface area (Å²) in [5.41, 5.74) is 0.328. The predicted octanol–water partition coefficient (Wildman–Crippen LogP) is 1.49. The zero-order valence-electron chi connectivity index (χ0n) is 10.9. The van der Waals surface area contributed by atoms with Crippen LogP contribution in [0.15, 0.2) is 24.3 Å². The van der Waals surface area contributed by atoms with Gasteiger partial charge in [0.1, 0.15) is 5.75 Å². The third-order valence-corrected chi connectivity index (χ3v) is 3.59. The average Bonchev–Trinajstić information content (AvgIpc) is 2.79. The molecule has 98 valence electrons. The summed E-state index contributed by atoms with van der Waals surface area (Å²) in [5.74, 6) is 0.324. The van der Waals surface area contributed by atoms with E-state index in [9.17, 15) is 9.90 Å². The third kappa shape index (κ3) is 2.48. The minimum Gasteiger partial charge on any atom is -0.508 e. The van der Waals surface area contributed by atoms with Crippen molar-refractivity contribution in [1.29, 1.82) is 0 Å². The Morgan fingerprint density at radius 1 is 1.50 bits per heavy atom. The number of amides is 1. The lowest BCUT2D eigenvalue weighted by molar-refractivity contribution is -0.136. The quantitative estimate of drug-likeness (QED) is 0.852. The van der Waals surface area contributed by atoms with E-state index >= 15 is 0 Å². The van der Waals surface area contributed by atoms with E-state index in [2.05, 4.69) is 5.32 Å². The molecule has 0 saturated carbocycles. The Morgan fingerprint density at radius 3 is 2.83 bits per heavy atom. The zero-order valence-corrected chi connectivity index (χ0v) is 10.9. The molecule has 0 bridgehead atoms. The summed E-state index contributed by atoms with van der Waals surface area (Å²) < 4.78 is 0. The van der Waals surface area contributed by atoms with Crippen molar-refractivity contribution in [3.8, 4) is 5.75 Å². The number of hydrogen-bond acceptors (Lipinski definition) is 3. The number of benzene rings is 1. The lowest BCUT2D eigenvalue weighted by Gasteiger charge is -2.29. The molecule has 1 aromatic rings. The molecule has 2 N–H and O–H groups in total. The van der Waals surface area contributed by atoms with Crippen molar-refractivity contribution >= 4 is 5.91 Å². The van der Waals surface area contributed by atoms with E-state index in [0.29, 0.717) is 6.54 Å². The molecule has 1 unspecified atom stereocenters. The highest BCUT2D eigenvalue weighted by molar-refractivity contribution is 5.86. The number of carbonyl (C=O) groups excluding carboxylic acids is 1. The molecule has 1 atom stereocenters. The molecule has 1 aliphatic heterocycles. The Hall–Kier alpha value is -1.55. The van der Waals surface area contributed by atoms with Crippen LogP contribution >= 0.6 is 0 Å². The van der Waals surface area contributed by atoms with Gasteiger partial charge >= 0.3 is 0 Å². The molecule has 0 aliphatic carbocycles. The van der Waals surface area contributed by atoms with E-state index in [4.69, 9.17) is 0 Å². The number of carbonyl (C=O) groups is 1. The van der Waals surface area contributed by atoms with Crippen molar-refractivity contribution in [2.24, 2.45) is 0 Å². The van der Waals surface area contributed by atoms with Crippen LogP contribution in [0, 0.1) is 0 Å². The number of para-hydroxylation sites is 1. The van der Waals surface area contributed by atoms with E-state index in [1.807, 2.05) is 19.1 Å². The minimum atomic E-state index is -0.445. The van der Waals surface area contributed by atoms with Gasteiger partial charge in [0.2, 0.25) is 5.91 Å². The van der Waals surface area contributed by atoms with Crippen LogP contribution in [0.3, 0.4) is 0 Å². The fourth-order valence-electron chi connectivity index (χ4n) is 2.47. The molecule has 18 heavy (non-hydrogen) atoms. The van der Waals surface area contributed by atoms with Crippen LogP contribution in [-0.2, 0) is 11.3 Å². The Kier molecular flexibility index (Phi) is 3.57. The van der Waals surface area contributed by atoms with Gasteiger partial charge in [0, 0.05) is 19.2 Å². The molecule has 4 nitrogen and oxygen atoms in total. The number of rotatable bonds is 3. The van der Waals surface area contributed by atoms with Gasteiger partial charge in [0.05, 0.1) is 5.54 Å². The highest BCUT2D eigenvalue weighted by Crippen LogP contribution is 2.23. The lowest BCUT2D eigenvalue weighted by Crippen LogP contribution is -2.51. The van der Waals surface area contributed by atoms with Crippen molar-refractivity contribution in [3.63, 3.8) is 0 Å². The maximum atomic E-state index is 12.4. The summed E-state index contributed by atoms with van der Waals surface area (Å²) in [6.07, 6.45) is 1.91. The maximum absolute atomic E-state index is 12.4. The van der Waals surface area contributed by atoms with Crippen LogP contribution in [-0.4, -0.2) is 35.0 Å². The second kappa shape index (κ2) is 4.98. The van der Waals surface area contributed by atoms with E-state index in [1.54, 1.807) is 24.1 Å². The second-order valence-electron chi connectivity index (χ2n) is 5.15. The Labute approximate surface area is 108 Å². The Morgan fingerprint density at radius 2 is 2.22 bits per heavy atom. The van der Waals surface area contributed by atoms with Crippen LogP contribution < -0.4 is 5.32 Å². The van der Waals surface area contributed by atoms with Crippen LogP contribution in [0.25, 0.3) is 0 Å². The summed E-state index contributed by atoms with van der Waals surface area (Å²) in [4.78, 5) is 14.0. The molecule has 4 heteroatoms. The smallest absolute Gasteiger partial charge is 0.242 e. The van der Waals surface area contributed by atoms with Gasteiger partial charge in [-0.2, -0.15) is 0 Å². The molecule has 0 radical (unpaired) electrons. The zero-order chi connectivity index (χ0) is 13.2. The topological polar surface area (TPSA) is 52.6 Å². The maximum Gasteiger partial charge on any atom is 0.242 e. The van der Waals surface area contributed by atoms with Gasteiger partial charge in [-0.3, -0.25) is 4.79 Å². The fraction of sp³-hybridized carbons (Fsp3) is 0.500. The highest BCUT2D eigenvalue weighted by Gasteiger charge is 2.37. The van der Waals surface area contributed by atoms with Crippen molar-refractivity contribution in [1.82, 2.24) is 10.2 Å². The monoisotopic (exact) mass is 248 g/mol. The molecule has 1 aliphatic rings. The molecule has 1 aromatic carbocycles. The van der Waals surface area contributed by atoms with Crippen LogP contribution in [0.2, 0.25) is 0 Å². The Balaban J connectivity index is 2.06. The van der Waals surface area contributed by atoms with Gasteiger partial charge in [-0.05, 0) is 32.4 Å². The van der Waals surface area contributed by atoms with Crippen molar-refractivity contribution in [3.05, 3.63) is 29.8 Å². The summed E-state index contributed by atoms with van der Waals surface area (Å²) in [7, 11) is 1.78. The average molecular weight is 248 g/mol. The highest BCUT2D eigenvalue weighted by atomic mass is 16.3. The normalized spacial score (nSPS) is 23.0. The van der Waals surface area contributed by atoms with Crippen LogP contribution in [0.1, 0.15) is 25.3 Å². The SMILES string of the molecule is CN(Cc1ccccc1O)C(=O)C1(C)CCCN1. The Bertz CT molecular complexity index is 439. The molecule has 0 spiro atoms. The largest absolute Gasteiger partial charge is 0.508 e. The van der Waals surface area contributed by atoms with Gasteiger partial charge < -0.3 is 15.3 Å². The summed E-state index contributed by atoms with van der Waals surface area (Å²) in [5, 5.41) is 13.0. The van der Waals surface area contributed by atoms with Crippen molar-refractivity contribution < 1.29 is 9.90 Å². The molecular weight excluding hydrogens is 228 g/mol. The van der Waals surface area contributed by atoms with E-state index in [0.717, 1.165) is 24.9 Å². The molecular formula is C14H20N2O2. The minimum absolute atomic E-state index is 0.0863. The molecule has 1 fully saturated rings. The summed E-state index contributed by atoms with van der Waals surface area (Å²) in [6, 6.07) is 7.12. The number of likely N-dealkylation sites (N-methyl/N-ethyl adjacent to an activating group) is 1. The van der Waals surface area contributed by atoms with Gasteiger partial charge in [0.15, 0.2) is 0 Å². The van der Waals surface area contributed by atoms with Gasteiger partial charge in [-0.25, -0.2) is 0 Å². The molecule has 1 saturated heterocycles. The van der Waals surface area contributed by atoms with Crippen molar-refractivity contribution in [2.45, 2.75) is 31.8 Å². The molecule has 1 heterocycles. The van der Waals surface area contributed by atoms with Gasteiger partial charge in [-0.15, -0.1) is 0 Å². The van der Waals surface area contributed by atoms with E-state index in [-0.39, 0.29) is 11.7 Å². The second-order valence-corrected chi connectivity index (χ2v) is 5.15. The number of nitrogens with zero attached hydrogens (tertiary/aromatic N) is 1.